The first-order valence-electron chi connectivity index (χ1n) is 8.01. The molecule has 8 atom stereocenters. The lowest BCUT2D eigenvalue weighted by molar-refractivity contribution is -0.326. The third-order valence-electron chi connectivity index (χ3n) is 5.03. The summed E-state index contributed by atoms with van der Waals surface area (Å²) in [7, 11) is 0. The van der Waals surface area contributed by atoms with Gasteiger partial charge in [-0.1, -0.05) is 12.2 Å². The second-order valence-corrected chi connectivity index (χ2v) is 7.00. The van der Waals surface area contributed by atoms with Crippen LogP contribution in [0.25, 0.3) is 0 Å². The number of hydrogen-bond acceptors (Lipinski definition) is 7. The number of aliphatic hydroxyl groups is 5. The van der Waals surface area contributed by atoms with Gasteiger partial charge in [0.15, 0.2) is 6.29 Å². The van der Waals surface area contributed by atoms with E-state index in [1.54, 1.807) is 6.92 Å². The van der Waals surface area contributed by atoms with Gasteiger partial charge in [-0.15, -0.1) is 0 Å². The van der Waals surface area contributed by atoms with Crippen molar-refractivity contribution in [1.82, 2.24) is 0 Å². The third kappa shape index (κ3) is 3.93. The van der Waals surface area contributed by atoms with Gasteiger partial charge in [-0.25, -0.2) is 0 Å². The van der Waals surface area contributed by atoms with Crippen LogP contribution >= 0.6 is 0 Å². The van der Waals surface area contributed by atoms with Crippen molar-refractivity contribution in [3.05, 3.63) is 12.2 Å². The van der Waals surface area contributed by atoms with Gasteiger partial charge in [0.05, 0.1) is 18.3 Å². The van der Waals surface area contributed by atoms with E-state index in [1.807, 2.05) is 6.92 Å². The van der Waals surface area contributed by atoms with Crippen molar-refractivity contribution in [1.29, 1.82) is 0 Å². The Bertz CT molecular complexity index is 423. The normalized spacial score (nSPS) is 48.2. The fourth-order valence-corrected chi connectivity index (χ4v) is 3.25. The Kier molecular flexibility index (Phi) is 5.84. The average Bonchev–Trinajstić information content (AvgIpc) is 2.49. The maximum atomic E-state index is 10.5. The highest BCUT2D eigenvalue weighted by atomic mass is 16.7. The Morgan fingerprint density at radius 1 is 1.26 bits per heavy atom. The van der Waals surface area contributed by atoms with Gasteiger partial charge in [0, 0.05) is 0 Å². The minimum absolute atomic E-state index is 0.199. The molecular formula is C16H28O7. The number of aliphatic hydroxyl groups excluding tert-OH is 4. The molecule has 7 heteroatoms. The Morgan fingerprint density at radius 2 is 1.91 bits per heavy atom. The summed E-state index contributed by atoms with van der Waals surface area (Å²) in [6.07, 6.45) is -5.40. The van der Waals surface area contributed by atoms with Crippen LogP contribution in [0.15, 0.2) is 12.2 Å². The van der Waals surface area contributed by atoms with E-state index in [1.165, 1.54) is 0 Å². The fraction of sp³-hybridized carbons (Fsp3) is 0.875. The second-order valence-electron chi connectivity index (χ2n) is 7.00. The molecule has 1 saturated carbocycles. The SMILES string of the molecule is C=C(C)[C@@H]1CC[C@](C)(O)[C@@H](O[C@@H]2O[C@H](CO)[C@@H](O)[C@H](O)[C@H]2O)C1. The first-order valence-corrected chi connectivity index (χ1v) is 8.01. The molecule has 1 aliphatic carbocycles. The largest absolute Gasteiger partial charge is 0.394 e. The standard InChI is InChI=1S/C16H28O7/c1-8(2)9-4-5-16(3,21)11(6-9)23-15-14(20)13(19)12(18)10(7-17)22-15/h9-15,17-21H,1,4-7H2,2-3H3/t9-,10-,11+,12-,13+,14-,15+,16+/m1/s1. The molecule has 0 unspecified atom stereocenters. The minimum Gasteiger partial charge on any atom is -0.394 e. The summed E-state index contributed by atoms with van der Waals surface area (Å²) in [6.45, 7) is 7.02. The molecule has 0 aromatic heterocycles. The van der Waals surface area contributed by atoms with Crippen molar-refractivity contribution in [3.63, 3.8) is 0 Å². The molecule has 134 valence electrons. The zero-order valence-electron chi connectivity index (χ0n) is 13.6. The van der Waals surface area contributed by atoms with Crippen LogP contribution in [-0.2, 0) is 9.47 Å². The summed E-state index contributed by atoms with van der Waals surface area (Å²) in [6, 6.07) is 0. The molecule has 2 aliphatic rings. The Morgan fingerprint density at radius 3 is 2.48 bits per heavy atom. The van der Waals surface area contributed by atoms with E-state index in [-0.39, 0.29) is 5.92 Å². The van der Waals surface area contributed by atoms with Gasteiger partial charge in [-0.05, 0) is 39.0 Å². The zero-order chi connectivity index (χ0) is 17.4. The van der Waals surface area contributed by atoms with Crippen LogP contribution in [0.1, 0.15) is 33.1 Å². The van der Waals surface area contributed by atoms with Crippen molar-refractivity contribution >= 4 is 0 Å². The van der Waals surface area contributed by atoms with Crippen LogP contribution in [0.4, 0.5) is 0 Å². The van der Waals surface area contributed by atoms with E-state index >= 15 is 0 Å². The summed E-state index contributed by atoms with van der Waals surface area (Å²) in [5.74, 6) is 0.199. The molecule has 2 fully saturated rings. The van der Waals surface area contributed by atoms with Gasteiger partial charge in [0.2, 0.25) is 0 Å². The maximum absolute atomic E-state index is 10.5. The molecule has 5 N–H and O–H groups in total. The summed E-state index contributed by atoms with van der Waals surface area (Å²) >= 11 is 0. The molecule has 0 aromatic carbocycles. The fourth-order valence-electron chi connectivity index (χ4n) is 3.25. The average molecular weight is 332 g/mol. The number of ether oxygens (including phenoxy) is 2. The van der Waals surface area contributed by atoms with Crippen LogP contribution in [0, 0.1) is 5.92 Å². The van der Waals surface area contributed by atoms with Crippen LogP contribution in [0.2, 0.25) is 0 Å². The molecule has 0 amide bonds. The molecule has 0 spiro atoms. The van der Waals surface area contributed by atoms with Crippen LogP contribution in [0.5, 0.6) is 0 Å². The topological polar surface area (TPSA) is 120 Å². The molecule has 23 heavy (non-hydrogen) atoms. The van der Waals surface area contributed by atoms with Crippen LogP contribution < -0.4 is 0 Å². The van der Waals surface area contributed by atoms with Crippen molar-refractivity contribution in [2.75, 3.05) is 6.61 Å². The van der Waals surface area contributed by atoms with E-state index in [2.05, 4.69) is 6.58 Å². The number of allylic oxidation sites excluding steroid dienone is 1. The predicted octanol–water partition coefficient (Wildman–Crippen LogP) is -0.701. The monoisotopic (exact) mass is 332 g/mol. The van der Waals surface area contributed by atoms with Crippen LogP contribution in [0.3, 0.4) is 0 Å². The molecule has 1 heterocycles. The van der Waals surface area contributed by atoms with Crippen molar-refractivity contribution in [3.8, 4) is 0 Å². The van der Waals surface area contributed by atoms with Crippen molar-refractivity contribution < 1.29 is 35.0 Å². The van der Waals surface area contributed by atoms with Crippen LogP contribution in [-0.4, -0.2) is 74.6 Å². The first-order chi connectivity index (χ1) is 10.7. The van der Waals surface area contributed by atoms with E-state index in [0.717, 1.165) is 12.0 Å². The van der Waals surface area contributed by atoms with Gasteiger partial charge >= 0.3 is 0 Å². The first kappa shape index (κ1) is 18.8. The van der Waals surface area contributed by atoms with E-state index < -0.39 is 49.0 Å². The summed E-state index contributed by atoms with van der Waals surface area (Å²) in [5.41, 5.74) is -0.0898. The van der Waals surface area contributed by atoms with Gasteiger partial charge in [-0.3, -0.25) is 0 Å². The lowest BCUT2D eigenvalue weighted by Crippen LogP contribution is -2.61. The quantitative estimate of drug-likeness (QED) is 0.432. The highest BCUT2D eigenvalue weighted by molar-refractivity contribution is 5.04. The third-order valence-corrected chi connectivity index (χ3v) is 5.03. The summed E-state index contributed by atoms with van der Waals surface area (Å²) < 4.78 is 11.1. The summed E-state index contributed by atoms with van der Waals surface area (Å²) in [4.78, 5) is 0. The molecular weight excluding hydrogens is 304 g/mol. The number of rotatable bonds is 4. The molecule has 1 saturated heterocycles. The van der Waals surface area contributed by atoms with E-state index in [0.29, 0.717) is 12.8 Å². The lowest BCUT2D eigenvalue weighted by Gasteiger charge is -2.46. The summed E-state index contributed by atoms with van der Waals surface area (Å²) in [5, 5.41) is 49.4. The Balaban J connectivity index is 2.10. The van der Waals surface area contributed by atoms with Gasteiger partial charge < -0.3 is 35.0 Å². The zero-order valence-corrected chi connectivity index (χ0v) is 13.6. The van der Waals surface area contributed by atoms with E-state index in [4.69, 9.17) is 9.47 Å². The predicted molar refractivity (Wildman–Crippen MR) is 81.4 cm³/mol. The van der Waals surface area contributed by atoms with Gasteiger partial charge in [0.25, 0.3) is 0 Å². The van der Waals surface area contributed by atoms with Crippen molar-refractivity contribution in [2.45, 2.75) is 75.5 Å². The molecule has 7 nitrogen and oxygen atoms in total. The Labute approximate surface area is 136 Å². The second kappa shape index (κ2) is 7.14. The molecule has 0 radical (unpaired) electrons. The number of hydrogen-bond donors (Lipinski definition) is 5. The van der Waals surface area contributed by atoms with Crippen molar-refractivity contribution in [2.24, 2.45) is 5.92 Å². The Hall–Kier alpha value is -0.540. The van der Waals surface area contributed by atoms with Gasteiger partial charge in [-0.2, -0.15) is 0 Å². The van der Waals surface area contributed by atoms with E-state index in [9.17, 15) is 25.5 Å². The van der Waals surface area contributed by atoms with Gasteiger partial charge in [0.1, 0.15) is 24.4 Å². The maximum Gasteiger partial charge on any atom is 0.187 e. The minimum atomic E-state index is -1.49. The smallest absolute Gasteiger partial charge is 0.187 e. The molecule has 1 aliphatic heterocycles. The molecule has 2 rings (SSSR count). The molecule has 0 bridgehead atoms. The molecule has 0 aromatic rings. The lowest BCUT2D eigenvalue weighted by atomic mass is 9.75. The highest BCUT2D eigenvalue weighted by Gasteiger charge is 2.48. The highest BCUT2D eigenvalue weighted by Crippen LogP contribution is 2.38.